The Hall–Kier alpha value is -2.45. The number of amidine groups is 1. The van der Waals surface area contributed by atoms with Crippen LogP contribution in [0.25, 0.3) is 6.08 Å². The maximum atomic E-state index is 13.1. The molecule has 2 saturated heterocycles. The van der Waals surface area contributed by atoms with E-state index >= 15 is 0 Å². The molecule has 4 aliphatic rings. The Bertz CT molecular complexity index is 1260. The lowest BCUT2D eigenvalue weighted by Crippen LogP contribution is -2.49. The Morgan fingerprint density at radius 2 is 1.79 bits per heavy atom. The Morgan fingerprint density at radius 1 is 1.14 bits per heavy atom. The molecular weight excluding hydrogens is 585 g/mol. The number of piperidine rings is 1. The number of amides is 2. The number of hydrogen-bond acceptors (Lipinski definition) is 6. The fraction of sp³-hybridized carbons (Fsp3) is 0.633. The molecule has 1 aromatic rings. The third kappa shape index (κ3) is 7.28. The number of alkyl halides is 3. The van der Waals surface area contributed by atoms with E-state index < -0.39 is 28.9 Å². The molecule has 4 N–H and O–H groups in total. The minimum atomic E-state index is -4.13. The molecule has 1 atom stereocenters. The van der Waals surface area contributed by atoms with Crippen LogP contribution in [0.3, 0.4) is 0 Å². The number of nitrogens with zero attached hydrogens (tertiary/aromatic N) is 3. The van der Waals surface area contributed by atoms with Gasteiger partial charge in [0.15, 0.2) is 0 Å². The average Bonchev–Trinajstić information content (AvgIpc) is 3.26. The van der Waals surface area contributed by atoms with Gasteiger partial charge in [0, 0.05) is 37.7 Å². The van der Waals surface area contributed by atoms with Gasteiger partial charge in [0.05, 0.1) is 12.0 Å². The maximum absolute atomic E-state index is 13.1. The second-order valence-corrected chi connectivity index (χ2v) is 14.2. The first-order chi connectivity index (χ1) is 20.3. The molecule has 1 spiro atoms. The van der Waals surface area contributed by atoms with E-state index in [4.69, 9.17) is 14.3 Å². The van der Waals surface area contributed by atoms with Crippen molar-refractivity contribution < 1.29 is 36.6 Å². The molecule has 1 unspecified atom stereocenters. The Kier molecular flexibility index (Phi) is 9.30. The standard InChI is InChI=1S/C30H41F3N4O5S/c1-20-17-24(37-14-15-42-19-26(37)38)18-21(2)25(20)8-16-43(40,41)36-12-10-29(11-13-36)28(39)34-27(35-29)23-5-3-22(4-6-23)7-9-30(31,32)33/h8,16-18,22-23,40-41H,3-7,9-15,19H2,1-2H3,(H,34,35,39)/p+1/b16-8+. The van der Waals surface area contributed by atoms with Crippen LogP contribution in [0.2, 0.25) is 0 Å². The van der Waals surface area contributed by atoms with Crippen LogP contribution >= 0.6 is 10.8 Å². The number of hydrogen-bond donors (Lipinski definition) is 2. The molecule has 3 aliphatic heterocycles. The molecule has 3 heterocycles. The molecule has 0 aromatic heterocycles. The minimum Gasteiger partial charge on any atom is -0.370 e. The van der Waals surface area contributed by atoms with Crippen molar-refractivity contribution in [3.8, 4) is 0 Å². The SMILES string of the molecule is Cc1cc(N2CCOCC2=O)cc(C)c1/C=C/S(O)([OH2+])N1CCC2(CC1)N=C(C1CCC(CCC(F)(F)F)CC1)NC2=O. The highest BCUT2D eigenvalue weighted by molar-refractivity contribution is 8.24. The number of benzene rings is 1. The summed E-state index contributed by atoms with van der Waals surface area (Å²) in [4.78, 5) is 31.9. The van der Waals surface area contributed by atoms with Crippen molar-refractivity contribution in [2.75, 3.05) is 37.7 Å². The molecule has 9 nitrogen and oxygen atoms in total. The van der Waals surface area contributed by atoms with Crippen LogP contribution in [-0.2, 0) is 14.3 Å². The summed E-state index contributed by atoms with van der Waals surface area (Å²) >= 11 is 0. The minimum absolute atomic E-state index is 0.0457. The number of carbonyl (C=O) groups is 2. The second kappa shape index (κ2) is 12.5. The van der Waals surface area contributed by atoms with Crippen LogP contribution in [0.5, 0.6) is 0 Å². The molecule has 2 amide bonds. The van der Waals surface area contributed by atoms with Crippen molar-refractivity contribution in [3.05, 3.63) is 34.2 Å². The highest BCUT2D eigenvalue weighted by Crippen LogP contribution is 2.49. The van der Waals surface area contributed by atoms with Crippen LogP contribution in [0.4, 0.5) is 18.9 Å². The maximum Gasteiger partial charge on any atom is 0.389 e. The highest BCUT2D eigenvalue weighted by Gasteiger charge is 2.49. The van der Waals surface area contributed by atoms with Gasteiger partial charge in [-0.05, 0) is 110 Å². The van der Waals surface area contributed by atoms with Gasteiger partial charge in [-0.15, -0.1) is 0 Å². The van der Waals surface area contributed by atoms with Crippen molar-refractivity contribution in [2.24, 2.45) is 16.8 Å². The van der Waals surface area contributed by atoms with E-state index in [-0.39, 0.29) is 36.7 Å². The molecular formula is C30H42F3N4O5S+. The van der Waals surface area contributed by atoms with Crippen molar-refractivity contribution >= 4 is 40.2 Å². The number of rotatable bonds is 7. The lowest BCUT2D eigenvalue weighted by Gasteiger charge is -2.42. The second-order valence-electron chi connectivity index (χ2n) is 12.3. The zero-order valence-electron chi connectivity index (χ0n) is 24.7. The van der Waals surface area contributed by atoms with Gasteiger partial charge >= 0.3 is 6.18 Å². The van der Waals surface area contributed by atoms with Gasteiger partial charge in [-0.3, -0.25) is 14.6 Å². The van der Waals surface area contributed by atoms with E-state index in [0.717, 1.165) is 22.4 Å². The lowest BCUT2D eigenvalue weighted by atomic mass is 9.79. The van der Waals surface area contributed by atoms with Gasteiger partial charge in [0.1, 0.15) is 18.0 Å². The highest BCUT2D eigenvalue weighted by atomic mass is 32.3. The largest absolute Gasteiger partial charge is 0.389 e. The number of morpholine rings is 1. The first-order valence-electron chi connectivity index (χ1n) is 15.0. The molecule has 0 bridgehead atoms. The summed E-state index contributed by atoms with van der Waals surface area (Å²) in [5, 5.41) is 4.49. The van der Waals surface area contributed by atoms with Gasteiger partial charge in [0.25, 0.3) is 11.8 Å². The third-order valence-corrected chi connectivity index (χ3v) is 11.0. The quantitative estimate of drug-likeness (QED) is 0.414. The molecule has 1 saturated carbocycles. The van der Waals surface area contributed by atoms with Gasteiger partial charge in [0.2, 0.25) is 0 Å². The van der Waals surface area contributed by atoms with E-state index in [1.807, 2.05) is 26.0 Å². The van der Waals surface area contributed by atoms with Crippen LogP contribution < -0.4 is 10.2 Å². The molecule has 238 valence electrons. The topological polar surface area (TPSA) is 117 Å². The smallest absolute Gasteiger partial charge is 0.370 e. The summed E-state index contributed by atoms with van der Waals surface area (Å²) in [6, 6.07) is 3.87. The predicted molar refractivity (Wildman–Crippen MR) is 162 cm³/mol. The number of anilines is 1. The summed E-state index contributed by atoms with van der Waals surface area (Å²) in [5.74, 6) is 0.503. The zero-order valence-corrected chi connectivity index (χ0v) is 25.5. The molecule has 43 heavy (non-hydrogen) atoms. The van der Waals surface area contributed by atoms with Crippen LogP contribution in [0.1, 0.15) is 68.1 Å². The molecule has 1 aromatic carbocycles. The fourth-order valence-electron chi connectivity index (χ4n) is 6.71. The Morgan fingerprint density at radius 3 is 2.40 bits per heavy atom. The normalized spacial score (nSPS) is 27.3. The first-order valence-corrected chi connectivity index (χ1v) is 16.6. The molecule has 1 aliphatic carbocycles. The molecule has 13 heteroatoms. The summed E-state index contributed by atoms with van der Waals surface area (Å²) in [6.45, 7) is 5.60. The van der Waals surface area contributed by atoms with Gasteiger partial charge in [-0.25, -0.2) is 4.55 Å². The van der Waals surface area contributed by atoms with Crippen molar-refractivity contribution in [3.63, 3.8) is 0 Å². The summed E-state index contributed by atoms with van der Waals surface area (Å²) < 4.78 is 64.6. The number of aryl methyl sites for hydroxylation is 2. The van der Waals surface area contributed by atoms with Crippen molar-refractivity contribution in [2.45, 2.75) is 76.9 Å². The molecule has 3 fully saturated rings. The summed E-state index contributed by atoms with van der Waals surface area (Å²) in [5.41, 5.74) is 2.63. The fourth-order valence-corrected chi connectivity index (χ4v) is 7.95. The Balaban J connectivity index is 1.18. The van der Waals surface area contributed by atoms with Crippen LogP contribution in [0.15, 0.2) is 22.5 Å². The van der Waals surface area contributed by atoms with Crippen LogP contribution in [0, 0.1) is 25.7 Å². The van der Waals surface area contributed by atoms with Gasteiger partial charge in [-0.1, -0.05) is 0 Å². The third-order valence-electron chi connectivity index (χ3n) is 9.31. The van der Waals surface area contributed by atoms with Gasteiger partial charge < -0.3 is 19.5 Å². The number of ether oxygens (including phenoxy) is 1. The van der Waals surface area contributed by atoms with Crippen molar-refractivity contribution in [1.82, 2.24) is 9.62 Å². The van der Waals surface area contributed by atoms with Crippen molar-refractivity contribution in [1.29, 1.82) is 0 Å². The van der Waals surface area contributed by atoms with E-state index in [1.165, 1.54) is 5.41 Å². The molecule has 5 rings (SSSR count). The van der Waals surface area contributed by atoms with E-state index in [2.05, 4.69) is 5.32 Å². The number of aliphatic imine (C=N–C) groups is 1. The molecule has 0 radical (unpaired) electrons. The van der Waals surface area contributed by atoms with E-state index in [1.54, 1.807) is 15.3 Å². The monoisotopic (exact) mass is 627 g/mol. The number of halogens is 3. The number of nitrogens with one attached hydrogen (secondary N) is 1. The summed E-state index contributed by atoms with van der Waals surface area (Å²) in [7, 11) is -3.01. The lowest BCUT2D eigenvalue weighted by molar-refractivity contribution is -0.138. The zero-order chi connectivity index (χ0) is 31.0. The van der Waals surface area contributed by atoms with Crippen LogP contribution in [-0.4, -0.2) is 75.6 Å². The Labute approximate surface area is 252 Å². The average molecular weight is 628 g/mol. The summed E-state index contributed by atoms with van der Waals surface area (Å²) in [6.07, 6.45) is 0.643. The van der Waals surface area contributed by atoms with E-state index in [0.29, 0.717) is 70.6 Å². The van der Waals surface area contributed by atoms with E-state index in [9.17, 15) is 27.3 Å². The van der Waals surface area contributed by atoms with Gasteiger partial charge in [-0.2, -0.15) is 17.5 Å². The number of carbonyl (C=O) groups excluding carboxylic acids is 2. The predicted octanol–water partition coefficient (Wildman–Crippen LogP) is 4.98. The first kappa shape index (κ1) is 32.0.